The third-order valence-electron chi connectivity index (χ3n) is 4.90. The third-order valence-corrected chi connectivity index (χ3v) is 5.20. The molecule has 1 aliphatic rings. The van der Waals surface area contributed by atoms with E-state index in [-0.39, 0.29) is 18.3 Å². The number of hydrogen-bond donors (Lipinski definition) is 1. The Kier molecular flexibility index (Phi) is 4.90. The van der Waals surface area contributed by atoms with Gasteiger partial charge in [0.1, 0.15) is 11.5 Å². The van der Waals surface area contributed by atoms with Gasteiger partial charge in [-0.1, -0.05) is 23.7 Å². The lowest BCUT2D eigenvalue weighted by Crippen LogP contribution is -2.41. The molecule has 0 bridgehead atoms. The molecule has 1 aromatic carbocycles. The molecule has 2 heterocycles. The van der Waals surface area contributed by atoms with E-state index in [1.807, 2.05) is 25.2 Å². The Morgan fingerprint density at radius 1 is 1.20 bits per heavy atom. The van der Waals surface area contributed by atoms with Gasteiger partial charge in [-0.3, -0.25) is 0 Å². The maximum absolute atomic E-state index is 6.18. The van der Waals surface area contributed by atoms with Crippen LogP contribution in [0.5, 0.6) is 0 Å². The van der Waals surface area contributed by atoms with Crippen molar-refractivity contribution in [1.29, 1.82) is 0 Å². The fourth-order valence-corrected chi connectivity index (χ4v) is 2.95. The van der Waals surface area contributed by atoms with E-state index in [2.05, 4.69) is 49.1 Å². The lowest BCUT2D eigenvalue weighted by Gasteiger charge is -2.32. The first-order valence-electron chi connectivity index (χ1n) is 8.34. The average Bonchev–Trinajstić information content (AvgIpc) is 2.75. The predicted molar refractivity (Wildman–Crippen MR) is 103 cm³/mol. The van der Waals surface area contributed by atoms with Crippen molar-refractivity contribution in [1.82, 2.24) is 15.3 Å². The predicted octanol–water partition coefficient (Wildman–Crippen LogP) is 3.52. The molecular weight excluding hydrogens is 336 g/mol. The van der Waals surface area contributed by atoms with Gasteiger partial charge in [0.25, 0.3) is 0 Å². The van der Waals surface area contributed by atoms with Gasteiger partial charge >= 0.3 is 7.12 Å². The minimum atomic E-state index is -0.387. The molecule has 1 aromatic heterocycles. The quantitative estimate of drug-likeness (QED) is 0.668. The highest BCUT2D eigenvalue weighted by Crippen LogP contribution is 2.38. The summed E-state index contributed by atoms with van der Waals surface area (Å²) >= 11 is 6.11. The maximum Gasteiger partial charge on any atom is 0.491 e. The Morgan fingerprint density at radius 2 is 1.88 bits per heavy atom. The smallest absolute Gasteiger partial charge is 0.400 e. The molecule has 0 saturated carbocycles. The van der Waals surface area contributed by atoms with Crippen LogP contribution in [-0.2, 0) is 9.31 Å². The van der Waals surface area contributed by atoms with Gasteiger partial charge in [0.15, 0.2) is 0 Å². The third kappa shape index (κ3) is 3.58. The number of aromatic nitrogens is 2. The number of benzene rings is 1. The zero-order chi connectivity index (χ0) is 18.2. The Balaban J connectivity index is 1.96. The van der Waals surface area contributed by atoms with E-state index in [0.717, 1.165) is 21.9 Å². The Hall–Kier alpha value is -1.47. The summed E-state index contributed by atoms with van der Waals surface area (Å²) in [7, 11) is 1.52. The second-order valence-electron chi connectivity index (χ2n) is 7.28. The van der Waals surface area contributed by atoms with Crippen LogP contribution in [-0.4, -0.2) is 41.9 Å². The molecule has 0 radical (unpaired) electrons. The average molecular weight is 360 g/mol. The SMILES string of the molecule is CNCC(=Cc1ccc2c(Cl)ncnc2c1)B1OC(C)(C)C(C)(C)O1. The van der Waals surface area contributed by atoms with E-state index in [1.165, 1.54) is 6.33 Å². The van der Waals surface area contributed by atoms with Gasteiger partial charge in [0.05, 0.1) is 16.7 Å². The zero-order valence-electron chi connectivity index (χ0n) is 15.3. The summed E-state index contributed by atoms with van der Waals surface area (Å²) in [6.45, 7) is 8.88. The highest BCUT2D eigenvalue weighted by atomic mass is 35.5. The van der Waals surface area contributed by atoms with Crippen molar-refractivity contribution in [3.8, 4) is 0 Å². The molecule has 7 heteroatoms. The van der Waals surface area contributed by atoms with Crippen LogP contribution in [0.3, 0.4) is 0 Å². The molecule has 0 aliphatic carbocycles. The lowest BCUT2D eigenvalue weighted by atomic mass is 9.77. The molecule has 1 N–H and O–H groups in total. The van der Waals surface area contributed by atoms with E-state index in [9.17, 15) is 0 Å². The molecule has 5 nitrogen and oxygen atoms in total. The van der Waals surface area contributed by atoms with Crippen LogP contribution in [0.4, 0.5) is 0 Å². The molecule has 0 amide bonds. The molecule has 1 saturated heterocycles. The minimum absolute atomic E-state index is 0.366. The normalized spacial score (nSPS) is 19.6. The maximum atomic E-state index is 6.18. The van der Waals surface area contributed by atoms with Gasteiger partial charge in [-0.05, 0) is 57.9 Å². The molecule has 25 heavy (non-hydrogen) atoms. The van der Waals surface area contributed by atoms with Gasteiger partial charge < -0.3 is 14.6 Å². The fourth-order valence-electron chi connectivity index (χ4n) is 2.75. The van der Waals surface area contributed by atoms with Crippen LogP contribution in [0, 0.1) is 0 Å². The number of halogens is 1. The summed E-state index contributed by atoms with van der Waals surface area (Å²) in [5.41, 5.74) is 2.12. The Bertz CT molecular complexity index is 807. The molecule has 1 aliphatic heterocycles. The van der Waals surface area contributed by atoms with Crippen LogP contribution in [0.2, 0.25) is 5.15 Å². The second kappa shape index (κ2) is 6.69. The molecule has 0 spiro atoms. The van der Waals surface area contributed by atoms with Crippen molar-refractivity contribution in [2.45, 2.75) is 38.9 Å². The first kappa shape index (κ1) is 18.3. The van der Waals surface area contributed by atoms with Crippen LogP contribution >= 0.6 is 11.6 Å². The summed E-state index contributed by atoms with van der Waals surface area (Å²) in [6.07, 6.45) is 3.55. The standard InChI is InChI=1S/C18H23BClN3O2/c1-17(2)18(3,4)25-19(24-17)13(10-21-5)8-12-6-7-14-15(9-12)22-11-23-16(14)20/h6-9,11,21H,10H2,1-5H3. The first-order chi connectivity index (χ1) is 11.7. The Morgan fingerprint density at radius 3 is 2.52 bits per heavy atom. The molecule has 132 valence electrons. The van der Waals surface area contributed by atoms with Crippen molar-refractivity contribution in [2.24, 2.45) is 0 Å². The van der Waals surface area contributed by atoms with Gasteiger partial charge in [-0.2, -0.15) is 0 Å². The summed E-state index contributed by atoms with van der Waals surface area (Å²) < 4.78 is 12.4. The largest absolute Gasteiger partial charge is 0.491 e. The summed E-state index contributed by atoms with van der Waals surface area (Å²) in [5.74, 6) is 0. The molecule has 0 unspecified atom stereocenters. The van der Waals surface area contributed by atoms with E-state index in [0.29, 0.717) is 11.7 Å². The van der Waals surface area contributed by atoms with Crippen LogP contribution in [0.25, 0.3) is 17.0 Å². The monoisotopic (exact) mass is 359 g/mol. The van der Waals surface area contributed by atoms with Crippen LogP contribution < -0.4 is 5.32 Å². The van der Waals surface area contributed by atoms with Crippen molar-refractivity contribution in [3.63, 3.8) is 0 Å². The summed E-state index contributed by atoms with van der Waals surface area (Å²) in [6, 6.07) is 5.92. The lowest BCUT2D eigenvalue weighted by molar-refractivity contribution is 0.00578. The number of nitrogens with one attached hydrogen (secondary N) is 1. The molecule has 3 rings (SSSR count). The van der Waals surface area contributed by atoms with E-state index in [1.54, 1.807) is 0 Å². The van der Waals surface area contributed by atoms with Crippen molar-refractivity contribution in [2.75, 3.05) is 13.6 Å². The number of hydrogen-bond acceptors (Lipinski definition) is 5. The highest BCUT2D eigenvalue weighted by Gasteiger charge is 2.52. The number of rotatable bonds is 4. The number of fused-ring (bicyclic) bond motifs is 1. The van der Waals surface area contributed by atoms with Gasteiger partial charge in [0.2, 0.25) is 0 Å². The van der Waals surface area contributed by atoms with E-state index < -0.39 is 0 Å². The van der Waals surface area contributed by atoms with Crippen LogP contribution in [0.1, 0.15) is 33.3 Å². The van der Waals surface area contributed by atoms with Crippen molar-refractivity contribution >= 4 is 35.7 Å². The van der Waals surface area contributed by atoms with Gasteiger partial charge in [-0.15, -0.1) is 0 Å². The second-order valence-corrected chi connectivity index (χ2v) is 7.64. The zero-order valence-corrected chi connectivity index (χ0v) is 16.0. The Labute approximate surface area is 153 Å². The first-order valence-corrected chi connectivity index (χ1v) is 8.72. The minimum Gasteiger partial charge on any atom is -0.400 e. The van der Waals surface area contributed by atoms with Gasteiger partial charge in [0, 0.05) is 11.9 Å². The molecule has 0 atom stereocenters. The molecule has 2 aromatic rings. The topological polar surface area (TPSA) is 56.3 Å². The van der Waals surface area contributed by atoms with E-state index in [4.69, 9.17) is 20.9 Å². The molecule has 1 fully saturated rings. The van der Waals surface area contributed by atoms with Gasteiger partial charge in [-0.25, -0.2) is 9.97 Å². The summed E-state index contributed by atoms with van der Waals surface area (Å²) in [5, 5.41) is 4.49. The number of nitrogens with zero attached hydrogens (tertiary/aromatic N) is 2. The van der Waals surface area contributed by atoms with E-state index >= 15 is 0 Å². The van der Waals surface area contributed by atoms with Crippen LogP contribution in [0.15, 0.2) is 30.0 Å². The molecular formula is C18H23BClN3O2. The fraction of sp³-hybridized carbons (Fsp3) is 0.444. The van der Waals surface area contributed by atoms with Crippen molar-refractivity contribution in [3.05, 3.63) is 40.7 Å². The van der Waals surface area contributed by atoms with Crippen molar-refractivity contribution < 1.29 is 9.31 Å². The summed E-state index contributed by atoms with van der Waals surface area (Å²) in [4.78, 5) is 8.31. The highest BCUT2D eigenvalue weighted by molar-refractivity contribution is 6.56. The number of likely N-dealkylation sites (N-methyl/N-ethyl adjacent to an activating group) is 1.